The number of benzene rings is 1. The van der Waals surface area contributed by atoms with Crippen LogP contribution in [-0.2, 0) is 4.74 Å². The summed E-state index contributed by atoms with van der Waals surface area (Å²) < 4.78 is 10.8. The summed E-state index contributed by atoms with van der Waals surface area (Å²) in [4.78, 5) is 0. The molecule has 0 amide bonds. The van der Waals surface area contributed by atoms with E-state index in [4.69, 9.17) is 9.47 Å². The number of hydrogen-bond acceptors (Lipinski definition) is 3. The molecule has 1 saturated carbocycles. The van der Waals surface area contributed by atoms with Crippen molar-refractivity contribution in [2.24, 2.45) is 11.8 Å². The van der Waals surface area contributed by atoms with Crippen LogP contribution in [0, 0.1) is 11.8 Å². The quantitative estimate of drug-likeness (QED) is 0.615. The van der Waals surface area contributed by atoms with Crippen LogP contribution in [0.5, 0.6) is 5.75 Å². The van der Waals surface area contributed by atoms with Crippen LogP contribution in [0.1, 0.15) is 71.5 Å². The van der Waals surface area contributed by atoms with E-state index in [9.17, 15) is 0 Å². The van der Waals surface area contributed by atoms with Crippen molar-refractivity contribution in [1.29, 1.82) is 0 Å². The first-order valence-corrected chi connectivity index (χ1v) is 10.7. The summed E-state index contributed by atoms with van der Waals surface area (Å²) in [5, 5.41) is 2.93. The molecule has 2 aliphatic rings. The first-order valence-electron chi connectivity index (χ1n) is 10.7. The third kappa shape index (κ3) is 10.6. The Morgan fingerprint density at radius 3 is 2.41 bits per heavy atom. The summed E-state index contributed by atoms with van der Waals surface area (Å²) in [6.45, 7) is 14.0. The average molecular weight is 378 g/mol. The second-order valence-corrected chi connectivity index (χ2v) is 6.92. The number of para-hydroxylation sites is 1. The molecular weight excluding hydrogens is 334 g/mol. The Bertz CT molecular complexity index is 473. The van der Waals surface area contributed by atoms with Gasteiger partial charge in [-0.2, -0.15) is 0 Å². The lowest BCUT2D eigenvalue weighted by molar-refractivity contribution is 0.0636. The van der Waals surface area contributed by atoms with E-state index in [1.807, 2.05) is 39.1 Å². The summed E-state index contributed by atoms with van der Waals surface area (Å²) in [6.07, 6.45) is 8.79. The molecule has 3 nitrogen and oxygen atoms in total. The van der Waals surface area contributed by atoms with Gasteiger partial charge in [-0.1, -0.05) is 58.4 Å². The van der Waals surface area contributed by atoms with Gasteiger partial charge in [0.2, 0.25) is 0 Å². The van der Waals surface area contributed by atoms with E-state index in [1.54, 1.807) is 7.11 Å². The summed E-state index contributed by atoms with van der Waals surface area (Å²) in [5.41, 5.74) is 1.17. The third-order valence-electron chi connectivity index (χ3n) is 4.84. The van der Waals surface area contributed by atoms with Gasteiger partial charge in [0, 0.05) is 19.1 Å². The van der Waals surface area contributed by atoms with Crippen molar-refractivity contribution < 1.29 is 9.47 Å². The van der Waals surface area contributed by atoms with Gasteiger partial charge in [0.25, 0.3) is 0 Å². The number of methoxy groups -OCH3 is 1. The summed E-state index contributed by atoms with van der Waals surface area (Å²) in [5.74, 6) is 2.92. The zero-order valence-corrected chi connectivity index (χ0v) is 18.6. The Labute approximate surface area is 168 Å². The Morgan fingerprint density at radius 2 is 1.89 bits per heavy atom. The first kappa shape index (κ1) is 25.7. The van der Waals surface area contributed by atoms with Crippen LogP contribution in [-0.4, -0.2) is 27.3 Å². The van der Waals surface area contributed by atoms with Gasteiger partial charge in [-0.05, 0) is 50.8 Å². The van der Waals surface area contributed by atoms with Gasteiger partial charge >= 0.3 is 0 Å². The smallest absolute Gasteiger partial charge is 0.125 e. The van der Waals surface area contributed by atoms with Crippen molar-refractivity contribution in [3.05, 3.63) is 42.5 Å². The van der Waals surface area contributed by atoms with Crippen LogP contribution in [0.4, 0.5) is 0 Å². The molecule has 27 heavy (non-hydrogen) atoms. The summed E-state index contributed by atoms with van der Waals surface area (Å²) in [7, 11) is 3.67. The van der Waals surface area contributed by atoms with Crippen molar-refractivity contribution >= 4 is 0 Å². The van der Waals surface area contributed by atoms with Gasteiger partial charge < -0.3 is 14.8 Å². The SMILES string of the molecule is C=CCC1CCC(C)C1.CC.CCNC.COC1CCOc2ccccc21. The average Bonchev–Trinajstić information content (AvgIpc) is 3.15. The lowest BCUT2D eigenvalue weighted by atomic mass is 10.0. The molecule has 1 fully saturated rings. The molecule has 1 aromatic carbocycles. The monoisotopic (exact) mass is 377 g/mol. The van der Waals surface area contributed by atoms with E-state index in [0.717, 1.165) is 37.2 Å². The second kappa shape index (κ2) is 16.8. The van der Waals surface area contributed by atoms with Gasteiger partial charge in [0.15, 0.2) is 0 Å². The molecule has 3 atom stereocenters. The fraction of sp³-hybridized carbons (Fsp3) is 0.667. The predicted octanol–water partition coefficient (Wildman–Crippen LogP) is 6.41. The van der Waals surface area contributed by atoms with E-state index in [0.29, 0.717) is 0 Å². The fourth-order valence-corrected chi connectivity index (χ4v) is 3.33. The molecule has 0 spiro atoms. The minimum Gasteiger partial charge on any atom is -0.493 e. The molecule has 1 N–H and O–H groups in total. The first-order chi connectivity index (χ1) is 13.2. The molecule has 1 aromatic rings. The van der Waals surface area contributed by atoms with Crippen LogP contribution in [0.25, 0.3) is 0 Å². The van der Waals surface area contributed by atoms with E-state index in [1.165, 1.54) is 31.2 Å². The van der Waals surface area contributed by atoms with Crippen LogP contribution >= 0.6 is 0 Å². The molecule has 3 rings (SSSR count). The van der Waals surface area contributed by atoms with Crippen molar-refractivity contribution in [2.45, 2.75) is 65.9 Å². The molecule has 1 heterocycles. The molecule has 1 aliphatic heterocycles. The molecular formula is C24H43NO2. The highest BCUT2D eigenvalue weighted by Crippen LogP contribution is 2.33. The maximum absolute atomic E-state index is 5.48. The van der Waals surface area contributed by atoms with Gasteiger partial charge in [-0.3, -0.25) is 0 Å². The molecule has 3 unspecified atom stereocenters. The maximum Gasteiger partial charge on any atom is 0.125 e. The summed E-state index contributed by atoms with van der Waals surface area (Å²) in [6, 6.07) is 8.04. The third-order valence-corrected chi connectivity index (χ3v) is 4.84. The number of hydrogen-bond donors (Lipinski definition) is 1. The molecule has 0 radical (unpaired) electrons. The van der Waals surface area contributed by atoms with Crippen LogP contribution in [0.3, 0.4) is 0 Å². The lowest BCUT2D eigenvalue weighted by Gasteiger charge is -2.24. The molecule has 0 bridgehead atoms. The number of rotatable bonds is 4. The van der Waals surface area contributed by atoms with Gasteiger partial charge in [0.05, 0.1) is 12.7 Å². The zero-order valence-electron chi connectivity index (χ0n) is 18.6. The number of allylic oxidation sites excluding steroid dienone is 1. The van der Waals surface area contributed by atoms with Crippen molar-refractivity contribution in [3.8, 4) is 5.75 Å². The minimum atomic E-state index is 0.218. The van der Waals surface area contributed by atoms with Crippen LogP contribution in [0.2, 0.25) is 0 Å². The lowest BCUT2D eigenvalue weighted by Crippen LogP contribution is -2.15. The van der Waals surface area contributed by atoms with Crippen molar-refractivity contribution in [3.63, 3.8) is 0 Å². The topological polar surface area (TPSA) is 30.5 Å². The Morgan fingerprint density at radius 1 is 1.22 bits per heavy atom. The number of nitrogens with one attached hydrogen (secondary N) is 1. The highest BCUT2D eigenvalue weighted by Gasteiger charge is 2.20. The molecule has 0 aromatic heterocycles. The fourth-order valence-electron chi connectivity index (χ4n) is 3.33. The van der Waals surface area contributed by atoms with Gasteiger partial charge in [0.1, 0.15) is 5.75 Å². The van der Waals surface area contributed by atoms with Gasteiger partial charge in [-0.25, -0.2) is 0 Å². The Balaban J connectivity index is 0.000000400. The minimum absolute atomic E-state index is 0.218. The molecule has 156 valence electrons. The van der Waals surface area contributed by atoms with Crippen molar-refractivity contribution in [2.75, 3.05) is 27.3 Å². The molecule has 1 aliphatic carbocycles. The van der Waals surface area contributed by atoms with E-state index in [-0.39, 0.29) is 6.10 Å². The molecule has 3 heteroatoms. The Hall–Kier alpha value is -1.32. The van der Waals surface area contributed by atoms with E-state index >= 15 is 0 Å². The number of ether oxygens (including phenoxy) is 2. The molecule has 0 saturated heterocycles. The zero-order chi connectivity index (χ0) is 20.5. The largest absolute Gasteiger partial charge is 0.493 e. The van der Waals surface area contributed by atoms with Gasteiger partial charge in [-0.15, -0.1) is 6.58 Å². The van der Waals surface area contributed by atoms with E-state index < -0.39 is 0 Å². The van der Waals surface area contributed by atoms with Crippen LogP contribution in [0.15, 0.2) is 36.9 Å². The van der Waals surface area contributed by atoms with Crippen molar-refractivity contribution in [1.82, 2.24) is 5.32 Å². The highest BCUT2D eigenvalue weighted by molar-refractivity contribution is 5.36. The predicted molar refractivity (Wildman–Crippen MR) is 119 cm³/mol. The summed E-state index contributed by atoms with van der Waals surface area (Å²) >= 11 is 0. The number of fused-ring (bicyclic) bond motifs is 1. The second-order valence-electron chi connectivity index (χ2n) is 6.92. The Kier molecular flexibility index (Phi) is 16.0. The van der Waals surface area contributed by atoms with Crippen LogP contribution < -0.4 is 10.1 Å². The highest BCUT2D eigenvalue weighted by atomic mass is 16.5. The normalized spacial score (nSPS) is 22.4. The maximum atomic E-state index is 5.48. The van der Waals surface area contributed by atoms with E-state index in [2.05, 4.69) is 37.9 Å². The standard InChI is InChI=1S/C10H12O2.C9H16.C3H9N.C2H6/c1-11-9-6-7-12-10-5-3-2-4-8(9)10;1-3-4-9-6-5-8(2)7-9;1-3-4-2;1-2/h2-5,9H,6-7H2,1H3;3,8-9H,1,4-7H2,2H3;4H,3H2,1-2H3;1-2H3.